The molecular weight excluding hydrogens is 845 g/mol. The number of hydrogen-bond donors (Lipinski definition) is 2. The number of carbonyl (C=O) groups excluding carboxylic acids is 4. The first kappa shape index (κ1) is 42.7. The summed E-state index contributed by atoms with van der Waals surface area (Å²) >= 11 is 0. The van der Waals surface area contributed by atoms with E-state index < -0.39 is 0 Å². The fraction of sp³-hybridized carbons (Fsp3) is 0.208. The number of nitrogens with one attached hydrogen (secondary N) is 2. The number of para-hydroxylation sites is 4. The van der Waals surface area contributed by atoms with Gasteiger partial charge < -0.3 is 38.7 Å². The van der Waals surface area contributed by atoms with E-state index in [1.165, 1.54) is 14.2 Å². The average molecular weight is 887 g/mol. The molecule has 10 rings (SSSR count). The summed E-state index contributed by atoms with van der Waals surface area (Å²) in [7, 11) is 2.79. The van der Waals surface area contributed by atoms with E-state index in [-0.39, 0.29) is 47.0 Å². The molecular formula is C48H42N10O8. The van der Waals surface area contributed by atoms with Gasteiger partial charge in [-0.15, -0.1) is 0 Å². The topological polar surface area (TPSA) is 221 Å². The molecule has 0 bridgehead atoms. The molecule has 2 saturated heterocycles. The number of hydrogen-bond acceptors (Lipinski definition) is 16. The lowest BCUT2D eigenvalue weighted by atomic mass is 10.1. The molecule has 332 valence electrons. The first-order valence-corrected chi connectivity index (χ1v) is 21.1. The summed E-state index contributed by atoms with van der Waals surface area (Å²) in [4.78, 5) is 85.6. The zero-order valence-electron chi connectivity index (χ0n) is 35.8. The van der Waals surface area contributed by atoms with Crippen molar-refractivity contribution in [3.05, 3.63) is 145 Å². The fourth-order valence-corrected chi connectivity index (χ4v) is 7.80. The molecule has 0 radical (unpaired) electrons. The Balaban J connectivity index is 0.000000166. The summed E-state index contributed by atoms with van der Waals surface area (Å²) in [6, 6.07) is 28.5. The highest BCUT2D eigenvalue weighted by molar-refractivity contribution is 6.08. The second-order valence-corrected chi connectivity index (χ2v) is 15.4. The number of benzene rings is 4. The summed E-state index contributed by atoms with van der Waals surface area (Å²) in [5.41, 5.74) is 4.09. The van der Waals surface area contributed by atoms with Crippen LogP contribution in [-0.4, -0.2) is 104 Å². The van der Waals surface area contributed by atoms with Crippen LogP contribution in [0.4, 0.5) is 11.6 Å². The summed E-state index contributed by atoms with van der Waals surface area (Å²) in [6.07, 6.45) is 7.63. The molecule has 2 atom stereocenters. The summed E-state index contributed by atoms with van der Waals surface area (Å²) in [5.74, 6) is 2.13. The van der Waals surface area contributed by atoms with E-state index in [4.69, 9.17) is 18.9 Å². The number of imidazole rings is 2. The Hall–Kier alpha value is -8.54. The van der Waals surface area contributed by atoms with Crippen molar-refractivity contribution in [1.29, 1.82) is 0 Å². The molecule has 0 saturated carbocycles. The highest BCUT2D eigenvalue weighted by Gasteiger charge is 2.33. The third-order valence-electron chi connectivity index (χ3n) is 11.2. The van der Waals surface area contributed by atoms with Crippen molar-refractivity contribution in [3.8, 4) is 23.3 Å². The molecule has 0 amide bonds. The molecule has 18 heteroatoms. The number of rotatable bonds is 12. The van der Waals surface area contributed by atoms with Gasteiger partial charge in [0.05, 0.1) is 48.1 Å². The van der Waals surface area contributed by atoms with Crippen molar-refractivity contribution in [2.45, 2.75) is 12.8 Å². The number of methoxy groups -OCH3 is 2. The van der Waals surface area contributed by atoms with E-state index in [0.717, 1.165) is 22.1 Å². The van der Waals surface area contributed by atoms with Crippen LogP contribution < -0.4 is 19.3 Å². The molecule has 8 aromatic rings. The maximum atomic E-state index is 12.8. The number of aromatic amines is 2. The zero-order valence-corrected chi connectivity index (χ0v) is 35.8. The fourth-order valence-electron chi connectivity index (χ4n) is 7.80. The Morgan fingerprint density at radius 3 is 1.32 bits per heavy atom. The summed E-state index contributed by atoms with van der Waals surface area (Å²) < 4.78 is 21.6. The standard InChI is InChI=1S/2C24H21N5O4/c2*1-32-24(31)16-10-13-29(14-16)22-23(26-12-11-25-22)33-17-8-6-15(7-9-17)20(30)21-27-18-4-2-3-5-19(18)28-21/h2*2-9,11-12,16H,10,13-14H2,1H3,(H,27,28)/t2*16-/m10/s1. The van der Waals surface area contributed by atoms with Crippen LogP contribution in [0.2, 0.25) is 0 Å². The third kappa shape index (κ3) is 9.23. The molecule has 0 spiro atoms. The molecule has 6 heterocycles. The van der Waals surface area contributed by atoms with Gasteiger partial charge in [-0.3, -0.25) is 19.2 Å². The van der Waals surface area contributed by atoms with Crippen LogP contribution in [0.25, 0.3) is 22.1 Å². The van der Waals surface area contributed by atoms with Gasteiger partial charge in [-0.25, -0.2) is 29.9 Å². The second kappa shape index (κ2) is 19.1. The molecule has 66 heavy (non-hydrogen) atoms. The maximum absolute atomic E-state index is 12.8. The summed E-state index contributed by atoms with van der Waals surface area (Å²) in [5, 5.41) is 0. The average Bonchev–Trinajstić information content (AvgIpc) is 4.21. The number of carbonyl (C=O) groups is 4. The number of aromatic nitrogens is 8. The predicted octanol–water partition coefficient (Wildman–Crippen LogP) is 6.75. The van der Waals surface area contributed by atoms with Gasteiger partial charge in [0.2, 0.25) is 11.6 Å². The lowest BCUT2D eigenvalue weighted by molar-refractivity contribution is -0.145. The van der Waals surface area contributed by atoms with Crippen LogP contribution in [0.15, 0.2) is 122 Å². The number of nitrogens with zero attached hydrogens (tertiary/aromatic N) is 8. The molecule has 0 unspecified atom stereocenters. The van der Waals surface area contributed by atoms with Crippen molar-refractivity contribution >= 4 is 57.2 Å². The van der Waals surface area contributed by atoms with Crippen LogP contribution in [0.5, 0.6) is 23.3 Å². The van der Waals surface area contributed by atoms with Crippen LogP contribution in [0.3, 0.4) is 0 Å². The number of ketones is 2. The normalized spacial score (nSPS) is 15.5. The van der Waals surface area contributed by atoms with Gasteiger partial charge in [-0.1, -0.05) is 24.3 Å². The minimum atomic E-state index is -0.228. The predicted molar refractivity (Wildman–Crippen MR) is 241 cm³/mol. The van der Waals surface area contributed by atoms with E-state index in [1.54, 1.807) is 73.3 Å². The Morgan fingerprint density at radius 1 is 0.530 bits per heavy atom. The van der Waals surface area contributed by atoms with Crippen molar-refractivity contribution in [2.24, 2.45) is 11.8 Å². The molecule has 2 aliphatic rings. The van der Waals surface area contributed by atoms with Gasteiger partial charge in [0.15, 0.2) is 23.3 Å². The first-order chi connectivity index (χ1) is 32.2. The number of H-pyrrole nitrogens is 2. The van der Waals surface area contributed by atoms with Gasteiger partial charge in [0, 0.05) is 62.1 Å². The van der Waals surface area contributed by atoms with Gasteiger partial charge in [-0.2, -0.15) is 0 Å². The van der Waals surface area contributed by atoms with Gasteiger partial charge in [-0.05, 0) is 85.6 Å². The van der Waals surface area contributed by atoms with Crippen molar-refractivity contribution < 1.29 is 38.1 Å². The van der Waals surface area contributed by atoms with Crippen LogP contribution in [-0.2, 0) is 19.1 Å². The van der Waals surface area contributed by atoms with Gasteiger partial charge >= 0.3 is 11.9 Å². The maximum Gasteiger partial charge on any atom is 0.310 e. The van der Waals surface area contributed by atoms with Crippen molar-refractivity contribution in [3.63, 3.8) is 0 Å². The first-order valence-electron chi connectivity index (χ1n) is 21.1. The van der Waals surface area contributed by atoms with Gasteiger partial charge in [0.25, 0.3) is 11.8 Å². The molecule has 2 aliphatic heterocycles. The second-order valence-electron chi connectivity index (χ2n) is 15.4. The van der Waals surface area contributed by atoms with Crippen molar-refractivity contribution in [2.75, 3.05) is 50.2 Å². The van der Waals surface area contributed by atoms with E-state index in [1.807, 2.05) is 58.3 Å². The number of ether oxygens (including phenoxy) is 4. The minimum absolute atomic E-state index is 0.201. The summed E-state index contributed by atoms with van der Waals surface area (Å²) in [6.45, 7) is 2.29. The Bertz CT molecular complexity index is 2770. The van der Waals surface area contributed by atoms with Crippen LogP contribution >= 0.6 is 0 Å². The molecule has 18 nitrogen and oxygen atoms in total. The smallest absolute Gasteiger partial charge is 0.310 e. The van der Waals surface area contributed by atoms with Crippen molar-refractivity contribution in [1.82, 2.24) is 39.9 Å². The lowest BCUT2D eigenvalue weighted by Gasteiger charge is -2.19. The highest BCUT2D eigenvalue weighted by atomic mass is 16.5. The molecule has 2 fully saturated rings. The lowest BCUT2D eigenvalue weighted by Crippen LogP contribution is -2.24. The van der Waals surface area contributed by atoms with Crippen LogP contribution in [0, 0.1) is 11.8 Å². The molecule has 2 N–H and O–H groups in total. The van der Waals surface area contributed by atoms with E-state index >= 15 is 0 Å². The minimum Gasteiger partial charge on any atom is -0.469 e. The van der Waals surface area contributed by atoms with E-state index in [9.17, 15) is 19.2 Å². The van der Waals surface area contributed by atoms with E-state index in [0.29, 0.717) is 85.0 Å². The molecule has 0 aliphatic carbocycles. The Kier molecular flexibility index (Phi) is 12.3. The largest absolute Gasteiger partial charge is 0.469 e. The number of anilines is 2. The van der Waals surface area contributed by atoms with Crippen LogP contribution in [0.1, 0.15) is 45.2 Å². The van der Waals surface area contributed by atoms with E-state index in [2.05, 4.69) is 39.9 Å². The van der Waals surface area contributed by atoms with Gasteiger partial charge in [0.1, 0.15) is 11.5 Å². The zero-order chi connectivity index (χ0) is 45.6. The Morgan fingerprint density at radius 2 is 0.924 bits per heavy atom. The SMILES string of the molecule is COC(=O)[C@@H]1CCN(c2nccnc2Oc2ccc(C(=O)c3nc4ccccc4[nH]3)cc2)C1.COC(=O)[C@H]1CCN(c2nccnc2Oc2ccc(C(=O)c3nc4ccccc4[nH]3)cc2)C1. The third-order valence-corrected chi connectivity index (χ3v) is 11.2. The number of fused-ring (bicyclic) bond motifs is 2. The highest BCUT2D eigenvalue weighted by Crippen LogP contribution is 2.34. The molecule has 4 aromatic heterocycles. The quantitative estimate of drug-likeness (QED) is 0.0957. The number of esters is 2. The molecule has 4 aromatic carbocycles. The monoisotopic (exact) mass is 886 g/mol. The Labute approximate surface area is 377 Å².